The summed E-state index contributed by atoms with van der Waals surface area (Å²) in [7, 11) is 4.20. The van der Waals surface area contributed by atoms with E-state index in [0.29, 0.717) is 13.2 Å². The maximum atomic E-state index is 5.62. The van der Waals surface area contributed by atoms with E-state index in [1.807, 2.05) is 19.9 Å². The monoisotopic (exact) mass is 251 g/mol. The van der Waals surface area contributed by atoms with Gasteiger partial charge >= 0.3 is 0 Å². The Kier molecular flexibility index (Phi) is 6.58. The Hall–Kier alpha value is -1.22. The Labute approximate surface area is 111 Å². The summed E-state index contributed by atoms with van der Waals surface area (Å²) in [5.74, 6) is 1.71. The number of nitrogens with zero attached hydrogens (tertiary/aromatic N) is 1. The maximum absolute atomic E-state index is 5.62. The molecule has 18 heavy (non-hydrogen) atoms. The number of ether oxygens (including phenoxy) is 2. The summed E-state index contributed by atoms with van der Waals surface area (Å²) in [6.45, 7) is 6.42. The van der Waals surface area contributed by atoms with Gasteiger partial charge in [0.1, 0.15) is 0 Å². The van der Waals surface area contributed by atoms with Gasteiger partial charge in [-0.15, -0.1) is 0 Å². The zero-order valence-corrected chi connectivity index (χ0v) is 12.0. The molecule has 0 aliphatic heterocycles. The second kappa shape index (κ2) is 7.98. The third-order valence-electron chi connectivity index (χ3n) is 2.68. The van der Waals surface area contributed by atoms with E-state index in [2.05, 4.69) is 31.1 Å². The molecule has 0 aromatic heterocycles. The second-order valence-electron chi connectivity index (χ2n) is 4.55. The summed E-state index contributed by atoms with van der Waals surface area (Å²) >= 11 is 0. The lowest BCUT2D eigenvalue weighted by Gasteiger charge is -2.13. The predicted octanol–water partition coefficient (Wildman–Crippen LogP) is 2.98. The van der Waals surface area contributed by atoms with Gasteiger partial charge in [0.2, 0.25) is 0 Å². The molecule has 0 saturated carbocycles. The Morgan fingerprint density at radius 3 is 2.28 bits per heavy atom. The number of rotatable bonds is 8. The van der Waals surface area contributed by atoms with E-state index in [0.717, 1.165) is 30.9 Å². The number of aryl methyl sites for hydroxylation is 1. The lowest BCUT2D eigenvalue weighted by molar-refractivity contribution is 0.287. The van der Waals surface area contributed by atoms with Crippen LogP contribution in [-0.2, 0) is 6.42 Å². The van der Waals surface area contributed by atoms with Gasteiger partial charge in [0.25, 0.3) is 0 Å². The first-order valence-electron chi connectivity index (χ1n) is 6.70. The topological polar surface area (TPSA) is 21.7 Å². The van der Waals surface area contributed by atoms with Gasteiger partial charge in [0.15, 0.2) is 11.5 Å². The minimum absolute atomic E-state index is 0.667. The molecule has 0 amide bonds. The smallest absolute Gasteiger partial charge is 0.161 e. The van der Waals surface area contributed by atoms with E-state index >= 15 is 0 Å². The maximum Gasteiger partial charge on any atom is 0.161 e. The van der Waals surface area contributed by atoms with Crippen LogP contribution in [0.1, 0.15) is 25.8 Å². The molecule has 0 bridgehead atoms. The van der Waals surface area contributed by atoms with Crippen molar-refractivity contribution in [3.8, 4) is 11.5 Å². The van der Waals surface area contributed by atoms with Crippen molar-refractivity contribution < 1.29 is 9.47 Å². The van der Waals surface area contributed by atoms with E-state index < -0.39 is 0 Å². The molecular weight excluding hydrogens is 226 g/mol. The Morgan fingerprint density at radius 1 is 1.00 bits per heavy atom. The van der Waals surface area contributed by atoms with E-state index in [4.69, 9.17) is 9.47 Å². The fraction of sp³-hybridized carbons (Fsp3) is 0.600. The van der Waals surface area contributed by atoms with E-state index in [9.17, 15) is 0 Å². The van der Waals surface area contributed by atoms with Crippen LogP contribution in [0.2, 0.25) is 0 Å². The predicted molar refractivity (Wildman–Crippen MR) is 75.7 cm³/mol. The van der Waals surface area contributed by atoms with Crippen LogP contribution in [0.4, 0.5) is 0 Å². The first-order valence-corrected chi connectivity index (χ1v) is 6.70. The summed E-state index contributed by atoms with van der Waals surface area (Å²) < 4.78 is 11.2. The molecule has 1 aromatic rings. The quantitative estimate of drug-likeness (QED) is 0.709. The summed E-state index contributed by atoms with van der Waals surface area (Å²) in [4.78, 5) is 2.21. The Balaban J connectivity index is 2.66. The molecule has 0 radical (unpaired) electrons. The third-order valence-corrected chi connectivity index (χ3v) is 2.68. The van der Waals surface area contributed by atoms with Crippen LogP contribution < -0.4 is 9.47 Å². The van der Waals surface area contributed by atoms with Crippen molar-refractivity contribution in [3.05, 3.63) is 23.8 Å². The summed E-state index contributed by atoms with van der Waals surface area (Å²) in [6.07, 6.45) is 2.23. The summed E-state index contributed by atoms with van der Waals surface area (Å²) in [5, 5.41) is 0. The molecule has 0 atom stereocenters. The van der Waals surface area contributed by atoms with Crippen molar-refractivity contribution in [2.24, 2.45) is 0 Å². The molecule has 1 aromatic carbocycles. The van der Waals surface area contributed by atoms with Crippen molar-refractivity contribution in [3.63, 3.8) is 0 Å². The van der Waals surface area contributed by atoms with Crippen LogP contribution in [-0.4, -0.2) is 38.8 Å². The summed E-state index contributed by atoms with van der Waals surface area (Å²) in [5.41, 5.74) is 1.31. The van der Waals surface area contributed by atoms with Crippen LogP contribution in [0.25, 0.3) is 0 Å². The van der Waals surface area contributed by atoms with Crippen LogP contribution in [0.3, 0.4) is 0 Å². The molecule has 0 heterocycles. The van der Waals surface area contributed by atoms with Gasteiger partial charge in [-0.25, -0.2) is 0 Å². The van der Waals surface area contributed by atoms with Crippen LogP contribution in [0.15, 0.2) is 18.2 Å². The largest absolute Gasteiger partial charge is 0.490 e. The highest BCUT2D eigenvalue weighted by molar-refractivity contribution is 5.43. The standard InChI is InChI=1S/C15H25NO2/c1-5-17-14-10-9-13(8-7-11-16(3)4)12-15(14)18-6-2/h9-10,12H,5-8,11H2,1-4H3. The fourth-order valence-corrected chi connectivity index (χ4v) is 1.85. The molecule has 3 heteroatoms. The Bertz CT molecular complexity index is 350. The van der Waals surface area contributed by atoms with Crippen molar-refractivity contribution in [2.45, 2.75) is 26.7 Å². The average molecular weight is 251 g/mol. The van der Waals surface area contributed by atoms with Crippen LogP contribution in [0.5, 0.6) is 11.5 Å². The lowest BCUT2D eigenvalue weighted by atomic mass is 10.1. The van der Waals surface area contributed by atoms with Crippen LogP contribution >= 0.6 is 0 Å². The number of benzene rings is 1. The van der Waals surface area contributed by atoms with E-state index in [-0.39, 0.29) is 0 Å². The SMILES string of the molecule is CCOc1ccc(CCCN(C)C)cc1OCC. The zero-order chi connectivity index (χ0) is 13.4. The molecule has 1 rings (SSSR count). The molecule has 3 nitrogen and oxygen atoms in total. The zero-order valence-electron chi connectivity index (χ0n) is 12.0. The lowest BCUT2D eigenvalue weighted by Crippen LogP contribution is -2.13. The summed E-state index contributed by atoms with van der Waals surface area (Å²) in [6, 6.07) is 6.24. The third kappa shape index (κ3) is 4.96. The van der Waals surface area contributed by atoms with E-state index in [1.54, 1.807) is 0 Å². The van der Waals surface area contributed by atoms with Crippen molar-refractivity contribution in [2.75, 3.05) is 33.9 Å². The minimum atomic E-state index is 0.667. The van der Waals surface area contributed by atoms with Gasteiger partial charge in [0.05, 0.1) is 13.2 Å². The number of hydrogen-bond acceptors (Lipinski definition) is 3. The van der Waals surface area contributed by atoms with Crippen molar-refractivity contribution >= 4 is 0 Å². The first-order chi connectivity index (χ1) is 8.67. The minimum Gasteiger partial charge on any atom is -0.490 e. The molecular formula is C15H25NO2. The van der Waals surface area contributed by atoms with Crippen LogP contribution in [0, 0.1) is 0 Å². The highest BCUT2D eigenvalue weighted by atomic mass is 16.5. The second-order valence-corrected chi connectivity index (χ2v) is 4.55. The molecule has 0 aliphatic rings. The molecule has 0 saturated heterocycles. The fourth-order valence-electron chi connectivity index (χ4n) is 1.85. The van der Waals surface area contributed by atoms with Gasteiger partial charge < -0.3 is 14.4 Å². The first kappa shape index (κ1) is 14.8. The average Bonchev–Trinajstić information content (AvgIpc) is 2.32. The van der Waals surface area contributed by atoms with Gasteiger partial charge in [-0.2, -0.15) is 0 Å². The number of hydrogen-bond donors (Lipinski definition) is 0. The molecule has 102 valence electrons. The van der Waals surface area contributed by atoms with Gasteiger partial charge in [-0.1, -0.05) is 6.07 Å². The van der Waals surface area contributed by atoms with Gasteiger partial charge in [0, 0.05) is 0 Å². The normalized spacial score (nSPS) is 10.7. The highest BCUT2D eigenvalue weighted by Gasteiger charge is 2.06. The molecule has 0 unspecified atom stereocenters. The van der Waals surface area contributed by atoms with Gasteiger partial charge in [-0.05, 0) is 65.0 Å². The molecule has 0 aliphatic carbocycles. The molecule has 0 fully saturated rings. The van der Waals surface area contributed by atoms with E-state index in [1.165, 1.54) is 5.56 Å². The highest BCUT2D eigenvalue weighted by Crippen LogP contribution is 2.28. The Morgan fingerprint density at radius 2 is 1.67 bits per heavy atom. The van der Waals surface area contributed by atoms with Gasteiger partial charge in [-0.3, -0.25) is 0 Å². The molecule has 0 N–H and O–H groups in total. The molecule has 0 spiro atoms. The van der Waals surface area contributed by atoms with Crippen molar-refractivity contribution in [1.29, 1.82) is 0 Å². The van der Waals surface area contributed by atoms with Crippen molar-refractivity contribution in [1.82, 2.24) is 4.90 Å².